The number of carbonyl (C=O) groups excluding carboxylic acids is 1. The van der Waals surface area contributed by atoms with Crippen molar-refractivity contribution >= 4 is 28.9 Å². The molecule has 2 amide bonds. The Hall–Kier alpha value is -2.84. The second kappa shape index (κ2) is 6.47. The van der Waals surface area contributed by atoms with Gasteiger partial charge in [-0.05, 0) is 30.7 Å². The zero-order chi connectivity index (χ0) is 18.3. The highest BCUT2D eigenvalue weighted by atomic mass is 16.4. The van der Waals surface area contributed by atoms with Crippen molar-refractivity contribution in [2.24, 2.45) is 11.8 Å². The molecule has 2 aromatic heterocycles. The smallest absolute Gasteiger partial charge is 0.405 e. The molecule has 2 aliphatic rings. The van der Waals surface area contributed by atoms with Crippen molar-refractivity contribution in [2.45, 2.75) is 18.9 Å². The zero-order valence-electron chi connectivity index (χ0n) is 14.6. The summed E-state index contributed by atoms with van der Waals surface area (Å²) in [5, 5.41) is 11.8. The third-order valence-corrected chi connectivity index (χ3v) is 5.68. The molecule has 0 radical (unpaired) electrons. The van der Waals surface area contributed by atoms with Crippen LogP contribution >= 0.6 is 0 Å². The van der Waals surface area contributed by atoms with E-state index in [0.29, 0.717) is 31.0 Å². The first-order valence-electron chi connectivity index (χ1n) is 8.78. The van der Waals surface area contributed by atoms with Gasteiger partial charge in [-0.2, -0.15) is 0 Å². The molecular formula is C17H22N6O3. The number of aromatic nitrogens is 3. The number of amides is 2. The van der Waals surface area contributed by atoms with Gasteiger partial charge in [0.2, 0.25) is 5.91 Å². The van der Waals surface area contributed by atoms with Gasteiger partial charge in [0.05, 0.1) is 5.39 Å². The van der Waals surface area contributed by atoms with Crippen LogP contribution in [-0.2, 0) is 4.79 Å². The van der Waals surface area contributed by atoms with Crippen molar-refractivity contribution < 1.29 is 14.7 Å². The molecule has 1 aliphatic heterocycles. The summed E-state index contributed by atoms with van der Waals surface area (Å²) < 4.78 is 0. The third-order valence-electron chi connectivity index (χ3n) is 5.68. The Kier molecular flexibility index (Phi) is 4.14. The fourth-order valence-corrected chi connectivity index (χ4v) is 4.36. The summed E-state index contributed by atoms with van der Waals surface area (Å²) in [6.45, 7) is 1.27. The van der Waals surface area contributed by atoms with E-state index in [-0.39, 0.29) is 12.5 Å². The maximum atomic E-state index is 12.1. The number of fused-ring (bicyclic) bond motifs is 2. The highest BCUT2D eigenvalue weighted by molar-refractivity contribution is 5.87. The largest absolute Gasteiger partial charge is 0.465 e. The predicted molar refractivity (Wildman–Crippen MR) is 94.9 cm³/mol. The van der Waals surface area contributed by atoms with Gasteiger partial charge in [-0.15, -0.1) is 0 Å². The SMILES string of the molecule is CN(c1ncnc2[nH]ccc12)[C@H]1C[C@@H]2CN(C(=O)CNC(=O)O)C[C@@H]2C1. The van der Waals surface area contributed by atoms with Gasteiger partial charge in [0, 0.05) is 32.4 Å². The molecule has 9 nitrogen and oxygen atoms in total. The molecule has 0 aromatic carbocycles. The van der Waals surface area contributed by atoms with E-state index in [1.54, 1.807) is 11.2 Å². The lowest BCUT2D eigenvalue weighted by molar-refractivity contribution is -0.129. The van der Waals surface area contributed by atoms with Crippen LogP contribution in [0.15, 0.2) is 18.6 Å². The van der Waals surface area contributed by atoms with Crippen LogP contribution in [0.5, 0.6) is 0 Å². The lowest BCUT2D eigenvalue weighted by atomic mass is 10.0. The molecule has 0 bridgehead atoms. The van der Waals surface area contributed by atoms with Crippen molar-refractivity contribution in [1.82, 2.24) is 25.2 Å². The monoisotopic (exact) mass is 358 g/mol. The molecular weight excluding hydrogens is 336 g/mol. The first-order chi connectivity index (χ1) is 12.5. The molecule has 0 spiro atoms. The standard InChI is InChI=1S/C17H22N6O3/c1-22(16-13-2-3-18-15(13)20-9-21-16)12-4-10-7-23(8-11(10)5-12)14(24)6-19-17(25)26/h2-3,9-12,19H,4-8H2,1H3,(H,25,26)(H,18,20,21)/t10-,11+,12+. The van der Waals surface area contributed by atoms with Crippen LogP contribution in [0, 0.1) is 11.8 Å². The number of carbonyl (C=O) groups is 2. The minimum absolute atomic E-state index is 0.142. The van der Waals surface area contributed by atoms with E-state index in [1.165, 1.54) is 0 Å². The van der Waals surface area contributed by atoms with Gasteiger partial charge < -0.3 is 25.2 Å². The molecule has 1 saturated carbocycles. The molecule has 0 unspecified atom stereocenters. The van der Waals surface area contributed by atoms with Gasteiger partial charge in [0.15, 0.2) is 0 Å². The highest BCUT2D eigenvalue weighted by Gasteiger charge is 2.43. The Morgan fingerprint density at radius 2 is 2.08 bits per heavy atom. The second-order valence-corrected chi connectivity index (χ2v) is 7.15. The third kappa shape index (κ3) is 2.93. The number of likely N-dealkylation sites (tertiary alicyclic amines) is 1. The number of hydrogen-bond acceptors (Lipinski definition) is 5. The van der Waals surface area contributed by atoms with E-state index in [4.69, 9.17) is 5.11 Å². The van der Waals surface area contributed by atoms with Gasteiger partial charge in [0.1, 0.15) is 24.3 Å². The van der Waals surface area contributed by atoms with Gasteiger partial charge in [-0.3, -0.25) is 4.79 Å². The number of nitrogens with zero attached hydrogens (tertiary/aromatic N) is 4. The van der Waals surface area contributed by atoms with Crippen LogP contribution in [0.25, 0.3) is 11.0 Å². The van der Waals surface area contributed by atoms with E-state index in [2.05, 4.69) is 32.2 Å². The van der Waals surface area contributed by atoms with Crippen LogP contribution in [0.3, 0.4) is 0 Å². The number of carboxylic acid groups (broad SMARTS) is 1. The molecule has 26 heavy (non-hydrogen) atoms. The average Bonchev–Trinajstić information content (AvgIpc) is 3.32. The molecule has 138 valence electrons. The summed E-state index contributed by atoms with van der Waals surface area (Å²) in [5.41, 5.74) is 0.836. The van der Waals surface area contributed by atoms with Crippen molar-refractivity contribution in [2.75, 3.05) is 31.6 Å². The molecule has 2 fully saturated rings. The van der Waals surface area contributed by atoms with E-state index in [9.17, 15) is 9.59 Å². The quantitative estimate of drug-likeness (QED) is 0.748. The first kappa shape index (κ1) is 16.6. The molecule has 3 atom stereocenters. The van der Waals surface area contributed by atoms with Gasteiger partial charge >= 0.3 is 6.09 Å². The predicted octanol–water partition coefficient (Wildman–Crippen LogP) is 0.899. The minimum Gasteiger partial charge on any atom is -0.465 e. The van der Waals surface area contributed by atoms with Crippen molar-refractivity contribution in [3.8, 4) is 0 Å². The number of aromatic amines is 1. The molecule has 3 heterocycles. The number of hydrogen-bond donors (Lipinski definition) is 3. The van der Waals surface area contributed by atoms with Gasteiger partial charge in [-0.1, -0.05) is 0 Å². The fourth-order valence-electron chi connectivity index (χ4n) is 4.36. The number of rotatable bonds is 4. The maximum Gasteiger partial charge on any atom is 0.405 e. The van der Waals surface area contributed by atoms with Crippen LogP contribution in [-0.4, -0.2) is 69.7 Å². The van der Waals surface area contributed by atoms with E-state index in [1.807, 2.05) is 12.3 Å². The summed E-state index contributed by atoms with van der Waals surface area (Å²) in [4.78, 5) is 38.5. The van der Waals surface area contributed by atoms with E-state index in [0.717, 1.165) is 29.7 Å². The number of anilines is 1. The molecule has 2 aromatic rings. The fraction of sp³-hybridized carbons (Fsp3) is 0.529. The van der Waals surface area contributed by atoms with Crippen molar-refractivity contribution in [3.63, 3.8) is 0 Å². The van der Waals surface area contributed by atoms with E-state index >= 15 is 0 Å². The van der Waals surface area contributed by atoms with Crippen molar-refractivity contribution in [3.05, 3.63) is 18.6 Å². The van der Waals surface area contributed by atoms with Gasteiger partial charge in [0.25, 0.3) is 0 Å². The Labute approximate surface area is 150 Å². The van der Waals surface area contributed by atoms with Crippen molar-refractivity contribution in [1.29, 1.82) is 0 Å². The normalized spacial score (nSPS) is 24.7. The number of nitrogens with one attached hydrogen (secondary N) is 2. The van der Waals surface area contributed by atoms with Crippen LogP contribution in [0.2, 0.25) is 0 Å². The topological polar surface area (TPSA) is 114 Å². The first-order valence-corrected chi connectivity index (χ1v) is 8.78. The Bertz CT molecular complexity index is 823. The molecule has 1 saturated heterocycles. The zero-order valence-corrected chi connectivity index (χ0v) is 14.6. The second-order valence-electron chi connectivity index (χ2n) is 7.15. The summed E-state index contributed by atoms with van der Waals surface area (Å²) >= 11 is 0. The van der Waals surface area contributed by atoms with Crippen LogP contribution < -0.4 is 10.2 Å². The van der Waals surface area contributed by atoms with Crippen LogP contribution in [0.4, 0.5) is 10.6 Å². The Balaban J connectivity index is 1.39. The average molecular weight is 358 g/mol. The molecule has 4 rings (SSSR count). The van der Waals surface area contributed by atoms with Gasteiger partial charge in [-0.25, -0.2) is 14.8 Å². The highest BCUT2D eigenvalue weighted by Crippen LogP contribution is 2.41. The lowest BCUT2D eigenvalue weighted by Crippen LogP contribution is -2.40. The lowest BCUT2D eigenvalue weighted by Gasteiger charge is -2.28. The maximum absolute atomic E-state index is 12.1. The molecule has 3 N–H and O–H groups in total. The number of H-pyrrole nitrogens is 1. The Morgan fingerprint density at radius 3 is 2.77 bits per heavy atom. The summed E-state index contributed by atoms with van der Waals surface area (Å²) in [6.07, 6.45) is 4.30. The van der Waals surface area contributed by atoms with Crippen LogP contribution in [0.1, 0.15) is 12.8 Å². The summed E-state index contributed by atoms with van der Waals surface area (Å²) in [5.74, 6) is 1.70. The molecule has 1 aliphatic carbocycles. The summed E-state index contributed by atoms with van der Waals surface area (Å²) in [7, 11) is 2.07. The Morgan fingerprint density at radius 1 is 1.35 bits per heavy atom. The minimum atomic E-state index is -1.17. The summed E-state index contributed by atoms with van der Waals surface area (Å²) in [6, 6.07) is 2.37. The van der Waals surface area contributed by atoms with E-state index < -0.39 is 6.09 Å². The molecule has 9 heteroatoms.